The molecule has 0 saturated carbocycles. The lowest BCUT2D eigenvalue weighted by Gasteiger charge is -2.34. The molecule has 236 valence electrons. The first-order valence-electron chi connectivity index (χ1n) is 14.5. The number of benzene rings is 3. The van der Waals surface area contributed by atoms with Gasteiger partial charge in [-0.25, -0.2) is 8.42 Å². The summed E-state index contributed by atoms with van der Waals surface area (Å²) in [5.74, 6) is 2.26. The van der Waals surface area contributed by atoms with Crippen LogP contribution < -0.4 is 23.7 Å². The average Bonchev–Trinajstić information content (AvgIpc) is 3.48. The number of aliphatic hydroxyl groups excluding tert-OH is 1. The van der Waals surface area contributed by atoms with Crippen molar-refractivity contribution in [2.45, 2.75) is 43.9 Å². The van der Waals surface area contributed by atoms with Gasteiger partial charge in [-0.3, -0.25) is 14.4 Å². The van der Waals surface area contributed by atoms with Gasteiger partial charge in [0.25, 0.3) is 10.0 Å². The number of nitrogens with one attached hydrogen (secondary N) is 1. The third-order valence-corrected chi connectivity index (χ3v) is 9.32. The van der Waals surface area contributed by atoms with Crippen LogP contribution in [0, 0.1) is 5.92 Å². The monoisotopic (exact) mass is 625 g/mol. The van der Waals surface area contributed by atoms with Crippen LogP contribution in [0.1, 0.15) is 25.0 Å². The van der Waals surface area contributed by atoms with Crippen LogP contribution in [0.4, 0.5) is 5.69 Å². The molecule has 11 nitrogen and oxygen atoms in total. The Labute approximate surface area is 258 Å². The molecular formula is C32H39N3O8S. The van der Waals surface area contributed by atoms with Gasteiger partial charge in [0.1, 0.15) is 17.6 Å². The number of nitrogens with zero attached hydrogens (tertiary/aromatic N) is 2. The van der Waals surface area contributed by atoms with Crippen LogP contribution in [0.25, 0.3) is 0 Å². The fourth-order valence-electron chi connectivity index (χ4n) is 5.40. The molecule has 2 aliphatic heterocycles. The number of rotatable bonds is 10. The zero-order chi connectivity index (χ0) is 31.4. The second-order valence-electron chi connectivity index (χ2n) is 11.4. The zero-order valence-corrected chi connectivity index (χ0v) is 26.2. The van der Waals surface area contributed by atoms with Crippen molar-refractivity contribution in [3.63, 3.8) is 0 Å². The molecule has 44 heavy (non-hydrogen) atoms. The Morgan fingerprint density at radius 3 is 2.52 bits per heavy atom. The van der Waals surface area contributed by atoms with Crippen molar-refractivity contribution >= 4 is 21.6 Å². The number of carbonyl (C=O) groups excluding carboxylic acids is 1. The number of sulfonamides is 1. The normalized spacial score (nSPS) is 19.0. The van der Waals surface area contributed by atoms with Gasteiger partial charge in [-0.05, 0) is 74.1 Å². The number of fused-ring (bicyclic) bond motifs is 2. The minimum absolute atomic E-state index is 0.00967. The van der Waals surface area contributed by atoms with Gasteiger partial charge in [-0.15, -0.1) is 0 Å². The summed E-state index contributed by atoms with van der Waals surface area (Å²) in [4.78, 5) is 17.5. The van der Waals surface area contributed by atoms with E-state index in [0.29, 0.717) is 42.4 Å². The predicted molar refractivity (Wildman–Crippen MR) is 165 cm³/mol. The maximum atomic E-state index is 13.5. The number of likely N-dealkylation sites (N-methyl/N-ethyl adjacent to an activating group) is 1. The van der Waals surface area contributed by atoms with Crippen molar-refractivity contribution in [3.05, 3.63) is 71.8 Å². The average molecular weight is 626 g/mol. The molecule has 2 aliphatic rings. The minimum Gasteiger partial charge on any atom is -0.497 e. The van der Waals surface area contributed by atoms with Gasteiger partial charge in [-0.2, -0.15) is 0 Å². The second-order valence-corrected chi connectivity index (χ2v) is 13.1. The van der Waals surface area contributed by atoms with E-state index in [1.54, 1.807) is 35.2 Å². The molecule has 0 aromatic heterocycles. The summed E-state index contributed by atoms with van der Waals surface area (Å²) in [7, 11) is -0.383. The van der Waals surface area contributed by atoms with Crippen molar-refractivity contribution in [1.82, 2.24) is 9.80 Å². The molecule has 12 heteroatoms. The summed E-state index contributed by atoms with van der Waals surface area (Å²) in [6, 6.07) is 16.5. The van der Waals surface area contributed by atoms with E-state index in [1.807, 2.05) is 39.1 Å². The number of methoxy groups -OCH3 is 1. The van der Waals surface area contributed by atoms with Crippen LogP contribution in [0.15, 0.2) is 65.6 Å². The van der Waals surface area contributed by atoms with Crippen LogP contribution in [-0.4, -0.2) is 82.0 Å². The van der Waals surface area contributed by atoms with Crippen molar-refractivity contribution in [3.8, 4) is 23.0 Å². The third-order valence-electron chi connectivity index (χ3n) is 7.92. The Hall–Kier alpha value is -4.00. The molecule has 0 radical (unpaired) electrons. The molecule has 0 unspecified atom stereocenters. The van der Waals surface area contributed by atoms with Crippen LogP contribution in [0.2, 0.25) is 0 Å². The first-order chi connectivity index (χ1) is 21.1. The summed E-state index contributed by atoms with van der Waals surface area (Å²) in [5, 5.41) is 9.94. The second kappa shape index (κ2) is 13.3. The largest absolute Gasteiger partial charge is 0.497 e. The lowest BCUT2D eigenvalue weighted by atomic mass is 10.0. The SMILES string of the molecule is COc1ccc(S(=O)(=O)Nc2ccc3c(c2)CC(=O)N([C@H](C)CO)C[C@@H](C)[C@H](CN(C)Cc2ccc4c(c2)OCO4)O3)cc1. The van der Waals surface area contributed by atoms with E-state index in [-0.39, 0.29) is 42.6 Å². The Balaban J connectivity index is 1.39. The molecule has 1 amide bonds. The number of hydrogen-bond donors (Lipinski definition) is 2. The fourth-order valence-corrected chi connectivity index (χ4v) is 6.45. The molecule has 3 aromatic rings. The predicted octanol–water partition coefficient (Wildman–Crippen LogP) is 3.51. The van der Waals surface area contributed by atoms with Crippen molar-refractivity contribution < 1.29 is 37.3 Å². The summed E-state index contributed by atoms with van der Waals surface area (Å²) in [6.07, 6.45) is -0.321. The fraction of sp³-hybridized carbons (Fsp3) is 0.406. The van der Waals surface area contributed by atoms with E-state index in [4.69, 9.17) is 18.9 Å². The standard InChI is InChI=1S/C32H39N3O8S/c1-21-16-35(22(2)19-36)32(37)15-24-14-25(33-44(38,39)27-9-7-26(40-4)8-10-27)6-12-28(24)43-31(21)18-34(3)17-23-5-11-29-30(13-23)42-20-41-29/h5-14,21-22,31,33,36H,15-20H2,1-4H3/t21-,22-,31+/m1/s1. The van der Waals surface area contributed by atoms with Crippen molar-refractivity contribution in [2.24, 2.45) is 5.92 Å². The molecule has 0 saturated heterocycles. The topological polar surface area (TPSA) is 127 Å². The number of amides is 1. The van der Waals surface area contributed by atoms with E-state index in [2.05, 4.69) is 9.62 Å². The highest BCUT2D eigenvalue weighted by Gasteiger charge is 2.31. The van der Waals surface area contributed by atoms with Gasteiger partial charge in [0, 0.05) is 36.8 Å². The number of carbonyl (C=O) groups is 1. The zero-order valence-electron chi connectivity index (χ0n) is 25.4. The van der Waals surface area contributed by atoms with Gasteiger partial charge in [0.05, 0.1) is 31.1 Å². The van der Waals surface area contributed by atoms with E-state index < -0.39 is 16.1 Å². The molecule has 0 fully saturated rings. The first-order valence-corrected chi connectivity index (χ1v) is 16.0. The Morgan fingerprint density at radius 2 is 1.80 bits per heavy atom. The van der Waals surface area contributed by atoms with Crippen molar-refractivity contribution in [2.75, 3.05) is 45.4 Å². The lowest BCUT2D eigenvalue weighted by Crippen LogP contribution is -2.47. The molecule has 3 atom stereocenters. The molecular weight excluding hydrogens is 586 g/mol. The molecule has 3 aromatic carbocycles. The summed E-state index contributed by atoms with van der Waals surface area (Å²) in [6.45, 7) is 5.47. The molecule has 2 N–H and O–H groups in total. The van der Waals surface area contributed by atoms with E-state index in [0.717, 1.165) is 17.1 Å². The van der Waals surface area contributed by atoms with Crippen molar-refractivity contribution in [1.29, 1.82) is 0 Å². The maximum absolute atomic E-state index is 13.5. The van der Waals surface area contributed by atoms with Crippen LogP contribution >= 0.6 is 0 Å². The van der Waals surface area contributed by atoms with Gasteiger partial charge in [0.15, 0.2) is 11.5 Å². The molecule has 0 bridgehead atoms. The number of aliphatic hydroxyl groups is 1. The summed E-state index contributed by atoms with van der Waals surface area (Å²) >= 11 is 0. The molecule has 2 heterocycles. The Bertz CT molecular complexity index is 1580. The van der Waals surface area contributed by atoms with Gasteiger partial charge < -0.3 is 29.0 Å². The highest BCUT2D eigenvalue weighted by molar-refractivity contribution is 7.92. The van der Waals surface area contributed by atoms with Gasteiger partial charge in [0.2, 0.25) is 12.7 Å². The molecule has 0 aliphatic carbocycles. The summed E-state index contributed by atoms with van der Waals surface area (Å²) in [5.41, 5.74) is 1.92. The van der Waals surface area contributed by atoms with Crippen LogP contribution in [-0.2, 0) is 27.8 Å². The highest BCUT2D eigenvalue weighted by Crippen LogP contribution is 2.33. The third kappa shape index (κ3) is 7.20. The van der Waals surface area contributed by atoms with Crippen LogP contribution in [0.5, 0.6) is 23.0 Å². The Morgan fingerprint density at radius 1 is 1.07 bits per heavy atom. The summed E-state index contributed by atoms with van der Waals surface area (Å²) < 4.78 is 51.5. The van der Waals surface area contributed by atoms with E-state index in [1.165, 1.54) is 19.2 Å². The smallest absolute Gasteiger partial charge is 0.261 e. The Kier molecular flexibility index (Phi) is 9.52. The quantitative estimate of drug-likeness (QED) is 0.348. The van der Waals surface area contributed by atoms with Crippen LogP contribution in [0.3, 0.4) is 0 Å². The molecule has 0 spiro atoms. The van der Waals surface area contributed by atoms with Gasteiger partial charge in [-0.1, -0.05) is 13.0 Å². The number of ether oxygens (including phenoxy) is 4. The first kappa shape index (κ1) is 31.4. The molecule has 5 rings (SSSR count). The van der Waals surface area contributed by atoms with E-state index in [9.17, 15) is 18.3 Å². The van der Waals surface area contributed by atoms with Gasteiger partial charge >= 0.3 is 0 Å². The minimum atomic E-state index is -3.90. The number of hydrogen-bond acceptors (Lipinski definition) is 9. The highest BCUT2D eigenvalue weighted by atomic mass is 32.2. The lowest BCUT2D eigenvalue weighted by molar-refractivity contribution is -0.134. The number of anilines is 1. The van der Waals surface area contributed by atoms with E-state index >= 15 is 0 Å². The maximum Gasteiger partial charge on any atom is 0.261 e.